The quantitative estimate of drug-likeness (QED) is 0.871. The molecule has 6 nitrogen and oxygen atoms in total. The Morgan fingerprint density at radius 2 is 2.14 bits per heavy atom. The summed E-state index contributed by atoms with van der Waals surface area (Å²) < 4.78 is 1.91. The molecule has 1 amide bonds. The van der Waals surface area contributed by atoms with Crippen molar-refractivity contribution in [3.63, 3.8) is 0 Å². The molecule has 1 aliphatic carbocycles. The van der Waals surface area contributed by atoms with E-state index in [1.807, 2.05) is 17.8 Å². The summed E-state index contributed by atoms with van der Waals surface area (Å²) in [6.45, 7) is 2.82. The summed E-state index contributed by atoms with van der Waals surface area (Å²) in [6.07, 6.45) is 9.68. The van der Waals surface area contributed by atoms with Crippen LogP contribution in [-0.2, 0) is 11.3 Å². The number of carbonyl (C=O) groups is 1. The lowest BCUT2D eigenvalue weighted by molar-refractivity contribution is -0.134. The predicted molar refractivity (Wildman–Crippen MR) is 83.2 cm³/mol. The van der Waals surface area contributed by atoms with Crippen LogP contribution in [0.15, 0.2) is 18.7 Å². The van der Waals surface area contributed by atoms with Crippen LogP contribution >= 0.6 is 0 Å². The second kappa shape index (κ2) is 6.79. The van der Waals surface area contributed by atoms with Gasteiger partial charge in [0.15, 0.2) is 0 Å². The Morgan fingerprint density at radius 1 is 1.36 bits per heavy atom. The molecule has 0 unspecified atom stereocenters. The first-order chi connectivity index (χ1) is 10.7. The van der Waals surface area contributed by atoms with Crippen molar-refractivity contribution < 1.29 is 9.90 Å². The first-order valence-corrected chi connectivity index (χ1v) is 8.30. The van der Waals surface area contributed by atoms with Gasteiger partial charge in [-0.3, -0.25) is 9.69 Å². The minimum absolute atomic E-state index is 0.0408. The number of aryl methyl sites for hydroxylation is 1. The fraction of sp³-hybridized carbons (Fsp3) is 0.750. The first kappa shape index (κ1) is 15.5. The Hall–Kier alpha value is -1.40. The van der Waals surface area contributed by atoms with Crippen LogP contribution in [-0.4, -0.2) is 68.7 Å². The number of aliphatic hydroxyl groups is 1. The van der Waals surface area contributed by atoms with Crippen LogP contribution in [0.2, 0.25) is 0 Å². The van der Waals surface area contributed by atoms with Gasteiger partial charge in [-0.1, -0.05) is 0 Å². The summed E-state index contributed by atoms with van der Waals surface area (Å²) in [6, 6.07) is 0.192. The average Bonchev–Trinajstić information content (AvgIpc) is 3.25. The van der Waals surface area contributed by atoms with Gasteiger partial charge in [0.1, 0.15) is 0 Å². The molecular formula is C16H26N4O2. The van der Waals surface area contributed by atoms with Gasteiger partial charge in [-0.2, -0.15) is 0 Å². The largest absolute Gasteiger partial charge is 0.389 e. The van der Waals surface area contributed by atoms with Gasteiger partial charge in [-0.25, -0.2) is 4.98 Å². The summed E-state index contributed by atoms with van der Waals surface area (Å²) in [5, 5.41) is 10.6. The highest BCUT2D eigenvalue weighted by Crippen LogP contribution is 2.30. The maximum atomic E-state index is 12.4. The zero-order valence-corrected chi connectivity index (χ0v) is 13.3. The van der Waals surface area contributed by atoms with Crippen molar-refractivity contribution in [1.29, 1.82) is 0 Å². The van der Waals surface area contributed by atoms with E-state index in [0.717, 1.165) is 25.9 Å². The van der Waals surface area contributed by atoms with Crippen molar-refractivity contribution in [3.8, 4) is 0 Å². The van der Waals surface area contributed by atoms with Crippen LogP contribution in [0, 0.1) is 0 Å². The van der Waals surface area contributed by atoms with Gasteiger partial charge in [-0.15, -0.1) is 0 Å². The van der Waals surface area contributed by atoms with Crippen molar-refractivity contribution >= 4 is 5.91 Å². The van der Waals surface area contributed by atoms with E-state index in [2.05, 4.69) is 9.88 Å². The van der Waals surface area contributed by atoms with Gasteiger partial charge < -0.3 is 14.6 Å². The standard InChI is InChI=1S/C16H26N4O2/c1-18(15(21)6-10-19-11-7-17-12-19)13-4-5-14(16(13)22)20-8-2-3-9-20/h7,11-14,16,22H,2-6,8-10H2,1H3/t13-,14-,16-/m1/s1. The molecule has 1 N–H and O–H groups in total. The van der Waals surface area contributed by atoms with Gasteiger partial charge in [-0.05, 0) is 38.8 Å². The number of likely N-dealkylation sites (tertiary alicyclic amines) is 1. The topological polar surface area (TPSA) is 61.6 Å². The first-order valence-electron chi connectivity index (χ1n) is 8.30. The van der Waals surface area contributed by atoms with Crippen LogP contribution in [0.25, 0.3) is 0 Å². The van der Waals surface area contributed by atoms with E-state index in [1.165, 1.54) is 12.8 Å². The monoisotopic (exact) mass is 306 g/mol. The molecule has 122 valence electrons. The number of imidazole rings is 1. The van der Waals surface area contributed by atoms with E-state index in [-0.39, 0.29) is 18.0 Å². The maximum Gasteiger partial charge on any atom is 0.224 e. The Labute approximate surface area is 131 Å². The molecule has 6 heteroatoms. The van der Waals surface area contributed by atoms with Crippen molar-refractivity contribution in [3.05, 3.63) is 18.7 Å². The molecule has 0 spiro atoms. The van der Waals surface area contributed by atoms with Crippen LogP contribution < -0.4 is 0 Å². The molecule has 2 fully saturated rings. The molecule has 0 radical (unpaired) electrons. The molecule has 0 bridgehead atoms. The van der Waals surface area contributed by atoms with Gasteiger partial charge in [0.25, 0.3) is 0 Å². The van der Waals surface area contributed by atoms with Crippen molar-refractivity contribution in [1.82, 2.24) is 19.4 Å². The Morgan fingerprint density at radius 3 is 2.82 bits per heavy atom. The molecule has 2 heterocycles. The number of nitrogens with zero attached hydrogens (tertiary/aromatic N) is 4. The number of aromatic nitrogens is 2. The summed E-state index contributed by atoms with van der Waals surface area (Å²) in [7, 11) is 1.83. The highest BCUT2D eigenvalue weighted by Gasteiger charge is 2.41. The smallest absolute Gasteiger partial charge is 0.224 e. The zero-order chi connectivity index (χ0) is 15.5. The maximum absolute atomic E-state index is 12.4. The van der Waals surface area contributed by atoms with Crippen molar-refractivity contribution in [2.45, 2.75) is 56.8 Å². The molecule has 1 saturated carbocycles. The summed E-state index contributed by atoms with van der Waals surface area (Å²) >= 11 is 0. The van der Waals surface area contributed by atoms with E-state index >= 15 is 0 Å². The Balaban J connectivity index is 1.53. The zero-order valence-electron chi connectivity index (χ0n) is 13.3. The highest BCUT2D eigenvalue weighted by molar-refractivity contribution is 5.76. The Bertz CT molecular complexity index is 484. The lowest BCUT2D eigenvalue weighted by Gasteiger charge is -2.32. The molecule has 1 aromatic heterocycles. The number of hydrogen-bond acceptors (Lipinski definition) is 4. The molecule has 1 aliphatic heterocycles. The summed E-state index contributed by atoms with van der Waals surface area (Å²) in [4.78, 5) is 20.5. The fourth-order valence-electron chi connectivity index (χ4n) is 3.84. The third-order valence-corrected chi connectivity index (χ3v) is 5.19. The number of amides is 1. The number of aliphatic hydroxyl groups excluding tert-OH is 1. The fourth-order valence-corrected chi connectivity index (χ4v) is 3.84. The third-order valence-electron chi connectivity index (χ3n) is 5.19. The van der Waals surface area contributed by atoms with E-state index in [4.69, 9.17) is 0 Å². The molecule has 1 aromatic rings. The molecule has 22 heavy (non-hydrogen) atoms. The van der Waals surface area contributed by atoms with E-state index < -0.39 is 6.10 Å². The minimum Gasteiger partial charge on any atom is -0.389 e. The highest BCUT2D eigenvalue weighted by atomic mass is 16.3. The van der Waals surface area contributed by atoms with Crippen molar-refractivity contribution in [2.24, 2.45) is 0 Å². The molecule has 2 aliphatic rings. The number of rotatable bonds is 5. The molecular weight excluding hydrogens is 280 g/mol. The lowest BCUT2D eigenvalue weighted by Crippen LogP contribution is -2.48. The second-order valence-corrected chi connectivity index (χ2v) is 6.50. The van der Waals surface area contributed by atoms with E-state index in [1.54, 1.807) is 17.4 Å². The molecule has 3 rings (SSSR count). The minimum atomic E-state index is -0.416. The number of hydrogen-bond donors (Lipinski definition) is 1. The lowest BCUT2D eigenvalue weighted by atomic mass is 10.1. The molecule has 1 saturated heterocycles. The molecule has 3 atom stereocenters. The second-order valence-electron chi connectivity index (χ2n) is 6.50. The van der Waals surface area contributed by atoms with E-state index in [0.29, 0.717) is 13.0 Å². The van der Waals surface area contributed by atoms with Crippen LogP contribution in [0.1, 0.15) is 32.1 Å². The Kier molecular flexibility index (Phi) is 4.78. The van der Waals surface area contributed by atoms with Crippen LogP contribution in [0.4, 0.5) is 0 Å². The third kappa shape index (κ3) is 3.17. The number of likely N-dealkylation sites (N-methyl/N-ethyl adjacent to an activating group) is 1. The average molecular weight is 306 g/mol. The van der Waals surface area contributed by atoms with Gasteiger partial charge in [0, 0.05) is 38.4 Å². The SMILES string of the molecule is CN(C(=O)CCn1ccnc1)[C@@H]1CC[C@@H](N2CCCC2)[C@@H]1O. The van der Waals surface area contributed by atoms with Crippen LogP contribution in [0.3, 0.4) is 0 Å². The summed E-state index contributed by atoms with van der Waals surface area (Å²) in [5.41, 5.74) is 0. The predicted octanol–water partition coefficient (Wildman–Crippen LogP) is 0.719. The number of carbonyl (C=O) groups excluding carboxylic acids is 1. The van der Waals surface area contributed by atoms with E-state index in [9.17, 15) is 9.90 Å². The van der Waals surface area contributed by atoms with Gasteiger partial charge >= 0.3 is 0 Å². The van der Waals surface area contributed by atoms with Gasteiger partial charge in [0.2, 0.25) is 5.91 Å². The van der Waals surface area contributed by atoms with Crippen molar-refractivity contribution in [2.75, 3.05) is 20.1 Å². The van der Waals surface area contributed by atoms with Crippen LogP contribution in [0.5, 0.6) is 0 Å². The molecule has 0 aromatic carbocycles. The van der Waals surface area contributed by atoms with Gasteiger partial charge in [0.05, 0.1) is 18.5 Å². The normalized spacial score (nSPS) is 29.1. The summed E-state index contributed by atoms with van der Waals surface area (Å²) in [5.74, 6) is 0.0971.